The largest absolute Gasteiger partial charge is 0.463 e. The van der Waals surface area contributed by atoms with Crippen LogP contribution < -0.4 is 0 Å². The van der Waals surface area contributed by atoms with Crippen molar-refractivity contribution in [3.63, 3.8) is 0 Å². The van der Waals surface area contributed by atoms with Crippen molar-refractivity contribution >= 4 is 17.9 Å². The van der Waals surface area contributed by atoms with Crippen LogP contribution in [0.5, 0.6) is 0 Å². The van der Waals surface area contributed by atoms with Crippen molar-refractivity contribution in [3.05, 3.63) is 11.6 Å². The van der Waals surface area contributed by atoms with E-state index in [0.717, 1.165) is 19.3 Å². The van der Waals surface area contributed by atoms with E-state index < -0.39 is 54.2 Å². The topological polar surface area (TPSA) is 118 Å². The van der Waals surface area contributed by atoms with E-state index in [1.165, 1.54) is 26.3 Å². The number of carbonyl (C=O) groups is 3. The van der Waals surface area contributed by atoms with Crippen LogP contribution in [0.15, 0.2) is 11.6 Å². The van der Waals surface area contributed by atoms with E-state index in [2.05, 4.69) is 13.0 Å². The summed E-state index contributed by atoms with van der Waals surface area (Å²) in [5.74, 6) is -1.69. The van der Waals surface area contributed by atoms with Crippen LogP contribution in [0, 0.1) is 5.92 Å². The molecule has 0 aromatic carbocycles. The van der Waals surface area contributed by atoms with Crippen molar-refractivity contribution in [3.8, 4) is 0 Å². The Morgan fingerprint density at radius 2 is 1.71 bits per heavy atom. The molecule has 1 aliphatic heterocycles. The van der Waals surface area contributed by atoms with Crippen molar-refractivity contribution in [1.29, 1.82) is 0 Å². The minimum atomic E-state index is -1.41. The number of hydrogen-bond donors (Lipinski definition) is 1. The summed E-state index contributed by atoms with van der Waals surface area (Å²) in [7, 11) is 0. The molecular weight excluding hydrogens is 408 g/mol. The predicted octanol–water partition coefficient (Wildman–Crippen LogP) is 2.04. The van der Waals surface area contributed by atoms with Gasteiger partial charge in [0.05, 0.1) is 5.60 Å². The summed E-state index contributed by atoms with van der Waals surface area (Å²) in [4.78, 5) is 34.6. The molecule has 1 saturated heterocycles. The molecule has 6 atom stereocenters. The molecule has 9 heteroatoms. The predicted molar refractivity (Wildman–Crippen MR) is 109 cm³/mol. The normalized spacial score (nSPS) is 31.4. The highest BCUT2D eigenvalue weighted by Crippen LogP contribution is 2.37. The summed E-state index contributed by atoms with van der Waals surface area (Å²) in [6.45, 7) is 9.28. The quantitative estimate of drug-likeness (QED) is 0.359. The lowest BCUT2D eigenvalue weighted by atomic mass is 9.79. The lowest BCUT2D eigenvalue weighted by Gasteiger charge is -2.46. The Hall–Kier alpha value is -1.97. The van der Waals surface area contributed by atoms with Gasteiger partial charge in [-0.1, -0.05) is 11.6 Å². The zero-order chi connectivity index (χ0) is 23.3. The molecule has 176 valence electrons. The molecule has 1 fully saturated rings. The van der Waals surface area contributed by atoms with Gasteiger partial charge < -0.3 is 28.8 Å². The van der Waals surface area contributed by atoms with E-state index in [0.29, 0.717) is 0 Å². The molecule has 0 bridgehead atoms. The molecule has 2 rings (SSSR count). The van der Waals surface area contributed by atoms with Crippen molar-refractivity contribution < 1.29 is 43.2 Å². The molecule has 1 heterocycles. The van der Waals surface area contributed by atoms with Crippen LogP contribution >= 0.6 is 0 Å². The zero-order valence-electron chi connectivity index (χ0n) is 19.1. The number of aliphatic hydroxyl groups excluding tert-OH is 1. The number of carbonyl (C=O) groups excluding carboxylic acids is 3. The first-order chi connectivity index (χ1) is 14.4. The Morgan fingerprint density at radius 3 is 2.23 bits per heavy atom. The summed E-state index contributed by atoms with van der Waals surface area (Å²) in [6, 6.07) is 0. The van der Waals surface area contributed by atoms with Gasteiger partial charge in [0.15, 0.2) is 18.5 Å². The Balaban J connectivity index is 2.26. The van der Waals surface area contributed by atoms with Crippen LogP contribution in [-0.4, -0.2) is 65.9 Å². The minimum Gasteiger partial charge on any atom is -0.463 e. The molecular formula is C22H34O9. The van der Waals surface area contributed by atoms with E-state index in [9.17, 15) is 19.5 Å². The van der Waals surface area contributed by atoms with E-state index in [1.54, 1.807) is 0 Å². The molecule has 9 nitrogen and oxygen atoms in total. The van der Waals surface area contributed by atoms with Crippen LogP contribution in [0.25, 0.3) is 0 Å². The van der Waals surface area contributed by atoms with E-state index in [4.69, 9.17) is 23.7 Å². The van der Waals surface area contributed by atoms with Gasteiger partial charge in [0, 0.05) is 20.8 Å². The molecule has 2 aliphatic rings. The number of rotatable bonds is 7. The molecule has 0 amide bonds. The average Bonchev–Trinajstić information content (AvgIpc) is 2.65. The van der Waals surface area contributed by atoms with Crippen LogP contribution in [0.4, 0.5) is 0 Å². The molecule has 6 unspecified atom stereocenters. The third kappa shape index (κ3) is 7.02. The summed E-state index contributed by atoms with van der Waals surface area (Å²) in [5, 5.41) is 10.9. The Kier molecular flexibility index (Phi) is 8.62. The van der Waals surface area contributed by atoms with E-state index >= 15 is 0 Å². The fourth-order valence-corrected chi connectivity index (χ4v) is 3.98. The number of esters is 3. The van der Waals surface area contributed by atoms with Crippen LogP contribution in [0.1, 0.15) is 60.8 Å². The van der Waals surface area contributed by atoms with Gasteiger partial charge in [0.25, 0.3) is 0 Å². The third-order valence-electron chi connectivity index (χ3n) is 5.71. The Labute approximate surface area is 183 Å². The second-order valence-electron chi connectivity index (χ2n) is 8.73. The lowest BCUT2D eigenvalue weighted by molar-refractivity contribution is -0.331. The highest BCUT2D eigenvalue weighted by atomic mass is 16.7. The monoisotopic (exact) mass is 442 g/mol. The van der Waals surface area contributed by atoms with Crippen molar-refractivity contribution in [1.82, 2.24) is 0 Å². The van der Waals surface area contributed by atoms with Crippen LogP contribution in [0.2, 0.25) is 0 Å². The fraction of sp³-hybridized carbons (Fsp3) is 0.773. The van der Waals surface area contributed by atoms with Crippen LogP contribution in [0.3, 0.4) is 0 Å². The first-order valence-corrected chi connectivity index (χ1v) is 10.6. The first kappa shape index (κ1) is 25.3. The highest BCUT2D eigenvalue weighted by Gasteiger charge is 2.52. The summed E-state index contributed by atoms with van der Waals surface area (Å²) < 4.78 is 27.7. The Bertz CT molecular complexity index is 699. The highest BCUT2D eigenvalue weighted by molar-refractivity contribution is 5.67. The number of hydrogen-bond acceptors (Lipinski definition) is 9. The molecule has 1 N–H and O–H groups in total. The molecule has 0 spiro atoms. The van der Waals surface area contributed by atoms with Crippen molar-refractivity contribution in [2.24, 2.45) is 5.92 Å². The third-order valence-corrected chi connectivity index (χ3v) is 5.71. The molecule has 1 aliphatic carbocycles. The van der Waals surface area contributed by atoms with E-state index in [-0.39, 0.29) is 12.5 Å². The van der Waals surface area contributed by atoms with Gasteiger partial charge in [-0.2, -0.15) is 0 Å². The summed E-state index contributed by atoms with van der Waals surface area (Å²) in [5.41, 5.74) is 0.672. The van der Waals surface area contributed by atoms with Gasteiger partial charge in [0.2, 0.25) is 0 Å². The number of allylic oxidation sites excluding steroid dienone is 2. The van der Waals surface area contributed by atoms with Gasteiger partial charge >= 0.3 is 17.9 Å². The standard InChI is InChI=1S/C22H34O9/c1-12-7-9-16(10-8-12)22(5,6)31-21-18(26)20(29-15(4)25)19(28-14(3)24)17(30-21)11-27-13(2)23/h7,16-21,26H,8-11H2,1-6H3. The maximum Gasteiger partial charge on any atom is 0.303 e. The SMILES string of the molecule is CC(=O)OCC1OC(OC(C)(C)C2CC=C(C)CC2)C(O)C(OC(C)=O)C1OC(C)=O. The fourth-order valence-electron chi connectivity index (χ4n) is 3.98. The maximum atomic E-state index is 11.7. The van der Waals surface area contributed by atoms with Crippen LogP contribution in [-0.2, 0) is 38.1 Å². The van der Waals surface area contributed by atoms with Crippen molar-refractivity contribution in [2.75, 3.05) is 6.61 Å². The molecule has 0 aromatic heterocycles. The smallest absolute Gasteiger partial charge is 0.303 e. The molecule has 0 radical (unpaired) electrons. The maximum absolute atomic E-state index is 11.7. The second kappa shape index (κ2) is 10.6. The zero-order valence-corrected chi connectivity index (χ0v) is 19.1. The molecule has 31 heavy (non-hydrogen) atoms. The molecule has 0 aromatic rings. The van der Waals surface area contributed by atoms with Gasteiger partial charge in [0.1, 0.15) is 18.8 Å². The summed E-state index contributed by atoms with van der Waals surface area (Å²) in [6.07, 6.45) is -1.09. The van der Waals surface area contributed by atoms with Gasteiger partial charge in [-0.15, -0.1) is 0 Å². The summed E-state index contributed by atoms with van der Waals surface area (Å²) >= 11 is 0. The second-order valence-corrected chi connectivity index (χ2v) is 8.73. The van der Waals surface area contributed by atoms with Crippen molar-refractivity contribution in [2.45, 2.75) is 97.1 Å². The average molecular weight is 443 g/mol. The Morgan fingerprint density at radius 1 is 1.10 bits per heavy atom. The van der Waals surface area contributed by atoms with Gasteiger partial charge in [-0.25, -0.2) is 0 Å². The van der Waals surface area contributed by atoms with Gasteiger partial charge in [-0.05, 0) is 46.0 Å². The minimum absolute atomic E-state index is 0.192. The van der Waals surface area contributed by atoms with E-state index in [1.807, 2.05) is 13.8 Å². The number of aliphatic hydroxyl groups is 1. The number of ether oxygens (including phenoxy) is 5. The first-order valence-electron chi connectivity index (χ1n) is 10.6. The van der Waals surface area contributed by atoms with Gasteiger partial charge in [-0.3, -0.25) is 14.4 Å². The lowest BCUT2D eigenvalue weighted by Crippen LogP contribution is -2.63. The molecule has 0 saturated carbocycles.